The molecule has 0 N–H and O–H groups in total. The largest absolute Gasteiger partial charge is 0.450 e. The number of ether oxygens (including phenoxy) is 1. The summed E-state index contributed by atoms with van der Waals surface area (Å²) >= 11 is 0. The molecule has 0 aliphatic carbocycles. The third-order valence-electron chi connectivity index (χ3n) is 1.25. The van der Waals surface area contributed by atoms with E-state index in [0.29, 0.717) is 0 Å². The highest BCUT2D eigenvalue weighted by molar-refractivity contribution is 5.76. The molecule has 0 radical (unpaired) electrons. The molecule has 1 aromatic rings. The molecule has 1 rings (SSSR count). The van der Waals surface area contributed by atoms with Gasteiger partial charge in [0.2, 0.25) is 11.9 Å². The lowest BCUT2D eigenvalue weighted by Gasteiger charge is -2.00. The number of carbonyl (C=O) groups is 1. The first-order chi connectivity index (χ1) is 6.65. The van der Waals surface area contributed by atoms with E-state index in [4.69, 9.17) is 0 Å². The Labute approximate surface area is 76.8 Å². The fourth-order valence-electron chi connectivity index (χ4n) is 0.717. The highest BCUT2D eigenvalue weighted by Crippen LogP contribution is 2.19. The maximum atomic E-state index is 12.8. The summed E-state index contributed by atoms with van der Waals surface area (Å²) < 4.78 is 29.5. The molecule has 0 spiro atoms. The maximum Gasteiger partial charge on any atom is 0.450 e. The van der Waals surface area contributed by atoms with Crippen molar-refractivity contribution < 1.29 is 23.1 Å². The van der Waals surface area contributed by atoms with Crippen LogP contribution in [0.15, 0.2) is 23.2 Å². The van der Waals surface area contributed by atoms with E-state index in [2.05, 4.69) is 9.73 Å². The van der Waals surface area contributed by atoms with Gasteiger partial charge < -0.3 is 4.74 Å². The van der Waals surface area contributed by atoms with E-state index in [1.165, 1.54) is 0 Å². The summed E-state index contributed by atoms with van der Waals surface area (Å²) in [5.74, 6) is -3.11. The topological polar surface area (TPSA) is 55.7 Å². The molecular formula is C8H3F2NO3. The zero-order valence-electron chi connectivity index (χ0n) is 6.66. The zero-order valence-corrected chi connectivity index (χ0v) is 6.66. The second-order valence-electron chi connectivity index (χ2n) is 2.12. The van der Waals surface area contributed by atoms with E-state index in [0.717, 1.165) is 24.3 Å². The van der Waals surface area contributed by atoms with Crippen molar-refractivity contribution in [1.82, 2.24) is 0 Å². The number of halogens is 2. The van der Waals surface area contributed by atoms with Crippen LogP contribution in [0.3, 0.4) is 0 Å². The second-order valence-corrected chi connectivity index (χ2v) is 2.12. The Balaban J connectivity index is 2.92. The monoisotopic (exact) mass is 199 g/mol. The van der Waals surface area contributed by atoms with Crippen molar-refractivity contribution in [2.24, 2.45) is 4.99 Å². The number of aliphatic imine (C=N–C) groups is 1. The van der Waals surface area contributed by atoms with Crippen LogP contribution in [-0.4, -0.2) is 12.2 Å². The van der Waals surface area contributed by atoms with E-state index < -0.39 is 23.5 Å². The third-order valence-corrected chi connectivity index (χ3v) is 1.25. The number of hydrogen-bond donors (Lipinski definition) is 0. The Kier molecular flexibility index (Phi) is 3.04. The Morgan fingerprint density at radius 2 is 2.14 bits per heavy atom. The van der Waals surface area contributed by atoms with E-state index in [1.807, 2.05) is 0 Å². The van der Waals surface area contributed by atoms with Crippen LogP contribution in [0.1, 0.15) is 0 Å². The zero-order chi connectivity index (χ0) is 10.6. The van der Waals surface area contributed by atoms with Gasteiger partial charge in [0.25, 0.3) is 0 Å². The van der Waals surface area contributed by atoms with Gasteiger partial charge in [-0.05, 0) is 12.1 Å². The van der Waals surface area contributed by atoms with E-state index in [1.54, 1.807) is 0 Å². The highest BCUT2D eigenvalue weighted by atomic mass is 19.2. The van der Waals surface area contributed by atoms with Gasteiger partial charge in [-0.25, -0.2) is 14.0 Å². The molecule has 0 atom stereocenters. The van der Waals surface area contributed by atoms with Gasteiger partial charge in [0.1, 0.15) is 0 Å². The van der Waals surface area contributed by atoms with E-state index in [9.17, 15) is 18.4 Å². The molecule has 0 aliphatic rings. The summed E-state index contributed by atoms with van der Waals surface area (Å²) in [4.78, 5) is 22.7. The first-order valence-corrected chi connectivity index (χ1v) is 3.39. The number of rotatable bonds is 1. The van der Waals surface area contributed by atoms with Crippen molar-refractivity contribution in [1.29, 1.82) is 0 Å². The molecule has 0 heterocycles. The fraction of sp³-hybridized carbons (Fsp3) is 0. The minimum absolute atomic E-state index is 0.631. The van der Waals surface area contributed by atoms with Gasteiger partial charge in [-0.2, -0.15) is 4.39 Å². The number of carbonyl (C=O) groups excluding carboxylic acids is 2. The Morgan fingerprint density at radius 1 is 1.43 bits per heavy atom. The normalized spacial score (nSPS) is 9.00. The molecule has 0 aliphatic heterocycles. The molecule has 6 heteroatoms. The van der Waals surface area contributed by atoms with Gasteiger partial charge in [-0.15, -0.1) is 0 Å². The van der Waals surface area contributed by atoms with Gasteiger partial charge in [0, 0.05) is 0 Å². The summed E-state index contributed by atoms with van der Waals surface area (Å²) in [6.07, 6.45) is -0.451. The van der Waals surface area contributed by atoms with Gasteiger partial charge in [0.15, 0.2) is 11.6 Å². The molecule has 1 amide bonds. The molecule has 0 bridgehead atoms. The van der Waals surface area contributed by atoms with E-state index >= 15 is 0 Å². The Bertz CT molecular complexity index is 413. The van der Waals surface area contributed by atoms with Crippen molar-refractivity contribution in [3.05, 3.63) is 29.8 Å². The molecular weight excluding hydrogens is 196 g/mol. The predicted octanol–water partition coefficient (Wildman–Crippen LogP) is 1.80. The standard InChI is InChI=1S/C8H3F2NO3/c9-5-2-1-3-6(7(5)10)14-8(13)11-4-12/h1-3H. The van der Waals surface area contributed by atoms with Crippen LogP contribution in [0, 0.1) is 11.6 Å². The summed E-state index contributed by atoms with van der Waals surface area (Å²) in [6, 6.07) is 3.03. The Hall–Kier alpha value is -2.07. The molecule has 0 unspecified atom stereocenters. The lowest BCUT2D eigenvalue weighted by Crippen LogP contribution is -2.03. The van der Waals surface area contributed by atoms with Gasteiger partial charge in [0.05, 0.1) is 0 Å². The van der Waals surface area contributed by atoms with Crippen LogP contribution in [-0.2, 0) is 4.79 Å². The molecule has 1 aromatic carbocycles. The lowest BCUT2D eigenvalue weighted by atomic mass is 10.3. The number of isocyanates is 1. The molecule has 72 valence electrons. The van der Waals surface area contributed by atoms with Crippen molar-refractivity contribution in [3.8, 4) is 5.75 Å². The molecule has 0 aromatic heterocycles. The minimum atomic E-state index is -1.36. The molecule has 14 heavy (non-hydrogen) atoms. The predicted molar refractivity (Wildman–Crippen MR) is 40.5 cm³/mol. The average Bonchev–Trinajstić information content (AvgIpc) is 2.13. The second kappa shape index (κ2) is 4.25. The number of hydrogen-bond acceptors (Lipinski definition) is 3. The van der Waals surface area contributed by atoms with Gasteiger partial charge >= 0.3 is 6.09 Å². The van der Waals surface area contributed by atoms with Crippen molar-refractivity contribution >= 4 is 12.2 Å². The van der Waals surface area contributed by atoms with Crippen LogP contribution in [0.2, 0.25) is 0 Å². The minimum Gasteiger partial charge on any atom is -0.405 e. The van der Waals surface area contributed by atoms with Crippen LogP contribution in [0.25, 0.3) is 0 Å². The molecule has 4 nitrogen and oxygen atoms in total. The Morgan fingerprint density at radius 3 is 2.79 bits per heavy atom. The maximum absolute atomic E-state index is 12.8. The van der Waals surface area contributed by atoms with E-state index in [-0.39, 0.29) is 0 Å². The SMILES string of the molecule is O=C=NC(=O)Oc1cccc(F)c1F. The van der Waals surface area contributed by atoms with Crippen molar-refractivity contribution in [2.75, 3.05) is 0 Å². The number of benzene rings is 1. The van der Waals surface area contributed by atoms with Crippen LogP contribution >= 0.6 is 0 Å². The van der Waals surface area contributed by atoms with Gasteiger partial charge in [-0.1, -0.05) is 11.1 Å². The molecule has 0 saturated heterocycles. The van der Waals surface area contributed by atoms with Gasteiger partial charge in [-0.3, -0.25) is 0 Å². The summed E-state index contributed by atoms with van der Waals surface area (Å²) in [5.41, 5.74) is 0. The van der Waals surface area contributed by atoms with Crippen molar-refractivity contribution in [2.45, 2.75) is 0 Å². The van der Waals surface area contributed by atoms with Crippen LogP contribution in [0.5, 0.6) is 5.75 Å². The molecule has 0 fully saturated rings. The van der Waals surface area contributed by atoms with Crippen molar-refractivity contribution in [3.63, 3.8) is 0 Å². The smallest absolute Gasteiger partial charge is 0.405 e. The first kappa shape index (κ1) is 10.0. The summed E-state index contributed by atoms with van der Waals surface area (Å²) in [5, 5.41) is 0. The highest BCUT2D eigenvalue weighted by Gasteiger charge is 2.11. The number of amides is 1. The fourth-order valence-corrected chi connectivity index (χ4v) is 0.717. The summed E-state index contributed by atoms with van der Waals surface area (Å²) in [6.45, 7) is 0. The first-order valence-electron chi connectivity index (χ1n) is 3.39. The quantitative estimate of drug-likeness (QED) is 0.511. The molecule has 0 saturated carbocycles. The average molecular weight is 199 g/mol. The lowest BCUT2D eigenvalue weighted by molar-refractivity contribution is 0.208. The third kappa shape index (κ3) is 2.21. The van der Waals surface area contributed by atoms with Crippen LogP contribution < -0.4 is 4.74 Å². The van der Waals surface area contributed by atoms with Crippen LogP contribution in [0.4, 0.5) is 13.6 Å². The summed E-state index contributed by atoms with van der Waals surface area (Å²) in [7, 11) is 0. The number of nitrogens with zero attached hydrogens (tertiary/aromatic N) is 1.